The molecule has 1 saturated carbocycles. The number of nitrogens with zero attached hydrogens (tertiary/aromatic N) is 2. The number of aromatic nitrogens is 2. The van der Waals surface area contributed by atoms with E-state index in [2.05, 4.69) is 15.7 Å². The number of ether oxygens (including phenoxy) is 1. The van der Waals surface area contributed by atoms with Gasteiger partial charge in [-0.15, -0.1) is 0 Å². The van der Waals surface area contributed by atoms with Gasteiger partial charge in [-0.2, -0.15) is 18.3 Å². The summed E-state index contributed by atoms with van der Waals surface area (Å²) in [7, 11) is 1.60. The number of anilines is 1. The second-order valence-electron chi connectivity index (χ2n) is 7.34. The summed E-state index contributed by atoms with van der Waals surface area (Å²) in [5.41, 5.74) is -0.368. The number of benzene rings is 1. The largest absolute Gasteiger partial charge is 0.465 e. The monoisotopic (exact) mass is 440 g/mol. The summed E-state index contributed by atoms with van der Waals surface area (Å²) in [6, 6.07) is 6.77. The minimum absolute atomic E-state index is 0.0108. The number of carbonyl (C=O) groups excluding carboxylic acids is 1. The average molecular weight is 440 g/mol. The van der Waals surface area contributed by atoms with Crippen molar-refractivity contribution in [3.63, 3.8) is 0 Å². The van der Waals surface area contributed by atoms with Gasteiger partial charge in [0.2, 0.25) is 0 Å². The smallest absolute Gasteiger partial charge is 0.435 e. The fourth-order valence-electron chi connectivity index (χ4n) is 3.66. The average Bonchev–Trinajstić information content (AvgIpc) is 3.18. The zero-order valence-electron chi connectivity index (χ0n) is 16.8. The van der Waals surface area contributed by atoms with E-state index in [-0.39, 0.29) is 24.4 Å². The topological polar surface area (TPSA) is 105 Å². The minimum Gasteiger partial charge on any atom is -0.465 e. The van der Waals surface area contributed by atoms with Crippen molar-refractivity contribution in [1.82, 2.24) is 15.1 Å². The Hall–Kier alpha value is -3.08. The Morgan fingerprint density at radius 3 is 2.55 bits per heavy atom. The van der Waals surface area contributed by atoms with Crippen LogP contribution in [0.15, 0.2) is 30.3 Å². The van der Waals surface area contributed by atoms with E-state index in [0.29, 0.717) is 36.9 Å². The molecule has 2 aromatic rings. The first-order chi connectivity index (χ1) is 14.7. The summed E-state index contributed by atoms with van der Waals surface area (Å²) in [6.07, 6.45) is -3.38. The molecule has 2 amide bonds. The SMILES string of the molecule is CO[C@H]1CC[C@H](n2nc(C(F)(F)F)cc2C(=O)NCc2cccc(NC(=O)O)c2)CC1. The molecule has 0 bridgehead atoms. The summed E-state index contributed by atoms with van der Waals surface area (Å²) in [4.78, 5) is 23.5. The van der Waals surface area contributed by atoms with Gasteiger partial charge in [0.05, 0.1) is 12.1 Å². The Bertz CT molecular complexity index is 937. The lowest BCUT2D eigenvalue weighted by atomic mass is 9.93. The molecule has 1 aliphatic carbocycles. The van der Waals surface area contributed by atoms with E-state index in [1.165, 1.54) is 10.7 Å². The third-order valence-electron chi connectivity index (χ3n) is 5.21. The van der Waals surface area contributed by atoms with Crippen LogP contribution in [0.25, 0.3) is 0 Å². The maximum absolute atomic E-state index is 13.2. The van der Waals surface area contributed by atoms with Gasteiger partial charge in [0.25, 0.3) is 5.91 Å². The first kappa shape index (κ1) is 22.6. The fraction of sp³-hybridized carbons (Fsp3) is 0.450. The number of carbonyl (C=O) groups is 2. The molecule has 168 valence electrons. The maximum Gasteiger partial charge on any atom is 0.435 e. The van der Waals surface area contributed by atoms with Gasteiger partial charge in [0.1, 0.15) is 5.69 Å². The maximum atomic E-state index is 13.2. The lowest BCUT2D eigenvalue weighted by Gasteiger charge is -2.28. The highest BCUT2D eigenvalue weighted by Crippen LogP contribution is 2.34. The molecule has 0 atom stereocenters. The Morgan fingerprint density at radius 2 is 1.94 bits per heavy atom. The van der Waals surface area contributed by atoms with Crippen LogP contribution < -0.4 is 10.6 Å². The van der Waals surface area contributed by atoms with Gasteiger partial charge in [-0.3, -0.25) is 14.8 Å². The molecule has 1 aromatic carbocycles. The Kier molecular flexibility index (Phi) is 6.84. The van der Waals surface area contributed by atoms with Crippen LogP contribution in [0.2, 0.25) is 0 Å². The summed E-state index contributed by atoms with van der Waals surface area (Å²) in [5, 5.41) is 17.3. The van der Waals surface area contributed by atoms with E-state index in [1.54, 1.807) is 25.3 Å². The van der Waals surface area contributed by atoms with E-state index in [9.17, 15) is 22.8 Å². The second kappa shape index (κ2) is 9.38. The lowest BCUT2D eigenvalue weighted by molar-refractivity contribution is -0.141. The molecule has 8 nitrogen and oxygen atoms in total. The van der Waals surface area contributed by atoms with E-state index in [4.69, 9.17) is 9.84 Å². The minimum atomic E-state index is -4.67. The van der Waals surface area contributed by atoms with Crippen molar-refractivity contribution >= 4 is 17.7 Å². The molecule has 3 rings (SSSR count). The van der Waals surface area contributed by atoms with E-state index in [0.717, 1.165) is 6.07 Å². The van der Waals surface area contributed by atoms with Crippen LogP contribution in [0.5, 0.6) is 0 Å². The van der Waals surface area contributed by atoms with E-state index >= 15 is 0 Å². The summed E-state index contributed by atoms with van der Waals surface area (Å²) >= 11 is 0. The Morgan fingerprint density at radius 1 is 1.23 bits per heavy atom. The normalized spacial score (nSPS) is 19.1. The number of halogens is 3. The summed E-state index contributed by atoms with van der Waals surface area (Å²) < 4.78 is 46.2. The molecule has 0 unspecified atom stereocenters. The molecule has 1 heterocycles. The summed E-state index contributed by atoms with van der Waals surface area (Å²) in [6.45, 7) is 0.0108. The highest BCUT2D eigenvalue weighted by Gasteiger charge is 2.37. The molecule has 3 N–H and O–H groups in total. The Labute approximate surface area is 176 Å². The molecule has 1 fully saturated rings. The molecule has 11 heteroatoms. The van der Waals surface area contributed by atoms with E-state index in [1.807, 2.05) is 0 Å². The number of alkyl halides is 3. The molecule has 0 spiro atoms. The van der Waals surface area contributed by atoms with Crippen molar-refractivity contribution in [2.45, 2.75) is 50.6 Å². The molecular formula is C20H23F3N4O4. The van der Waals surface area contributed by atoms with Gasteiger partial charge in [0, 0.05) is 25.4 Å². The molecular weight excluding hydrogens is 417 g/mol. The first-order valence-electron chi connectivity index (χ1n) is 9.74. The van der Waals surface area contributed by atoms with Crippen LogP contribution in [0, 0.1) is 0 Å². The standard InChI is InChI=1S/C20H23F3N4O4/c1-31-15-7-5-14(6-8-15)27-16(10-17(26-27)20(21,22)23)18(28)24-11-12-3-2-4-13(9-12)25-19(29)30/h2-4,9-10,14-15,25H,5-8,11H2,1H3,(H,24,28)(H,29,30)/t14-,15-. The van der Waals surface area contributed by atoms with Crippen molar-refractivity contribution in [2.24, 2.45) is 0 Å². The molecule has 0 radical (unpaired) electrons. The highest BCUT2D eigenvalue weighted by atomic mass is 19.4. The van der Waals surface area contributed by atoms with Crippen molar-refractivity contribution in [1.29, 1.82) is 0 Å². The zero-order chi connectivity index (χ0) is 22.6. The quantitative estimate of drug-likeness (QED) is 0.629. The molecule has 0 saturated heterocycles. The van der Waals surface area contributed by atoms with Crippen molar-refractivity contribution in [3.8, 4) is 0 Å². The number of nitrogens with one attached hydrogen (secondary N) is 2. The van der Waals surface area contributed by atoms with Crippen LogP contribution in [0.3, 0.4) is 0 Å². The molecule has 1 aliphatic rings. The van der Waals surface area contributed by atoms with E-state index < -0.39 is 23.9 Å². The van der Waals surface area contributed by atoms with Crippen molar-refractivity contribution in [2.75, 3.05) is 12.4 Å². The number of hydrogen-bond acceptors (Lipinski definition) is 4. The Balaban J connectivity index is 1.76. The van der Waals surface area contributed by atoms with Gasteiger partial charge in [-0.25, -0.2) is 4.79 Å². The third-order valence-corrected chi connectivity index (χ3v) is 5.21. The molecule has 0 aliphatic heterocycles. The van der Waals surface area contributed by atoms with Gasteiger partial charge >= 0.3 is 12.3 Å². The van der Waals surface area contributed by atoms with Gasteiger partial charge in [0.15, 0.2) is 5.69 Å². The van der Waals surface area contributed by atoms with Crippen LogP contribution in [0.4, 0.5) is 23.7 Å². The lowest BCUT2D eigenvalue weighted by Crippen LogP contribution is -2.29. The van der Waals surface area contributed by atoms with Gasteiger partial charge in [-0.1, -0.05) is 12.1 Å². The molecule has 31 heavy (non-hydrogen) atoms. The second-order valence-corrected chi connectivity index (χ2v) is 7.34. The van der Waals surface area contributed by atoms with Crippen LogP contribution in [0.1, 0.15) is 53.5 Å². The summed E-state index contributed by atoms with van der Waals surface area (Å²) in [5.74, 6) is -0.687. The fourth-order valence-corrected chi connectivity index (χ4v) is 3.66. The van der Waals surface area contributed by atoms with Crippen molar-refractivity contribution in [3.05, 3.63) is 47.3 Å². The predicted molar refractivity (Wildman–Crippen MR) is 105 cm³/mol. The number of hydrogen-bond donors (Lipinski definition) is 3. The molecule has 1 aromatic heterocycles. The van der Waals surface area contributed by atoms with Gasteiger partial charge < -0.3 is 15.2 Å². The van der Waals surface area contributed by atoms with Gasteiger partial charge in [-0.05, 0) is 43.4 Å². The number of carboxylic acid groups (broad SMARTS) is 1. The number of amides is 2. The predicted octanol–water partition coefficient (Wildman–Crippen LogP) is 4.05. The van der Waals surface area contributed by atoms with Crippen LogP contribution >= 0.6 is 0 Å². The number of methoxy groups -OCH3 is 1. The van der Waals surface area contributed by atoms with Crippen molar-refractivity contribution < 1.29 is 32.6 Å². The highest BCUT2D eigenvalue weighted by molar-refractivity contribution is 5.92. The third kappa shape index (κ3) is 5.75. The first-order valence-corrected chi connectivity index (χ1v) is 9.74. The number of rotatable bonds is 6. The zero-order valence-corrected chi connectivity index (χ0v) is 16.8. The van der Waals surface area contributed by atoms with Crippen LogP contribution in [-0.2, 0) is 17.5 Å². The van der Waals surface area contributed by atoms with Crippen LogP contribution in [-0.4, -0.2) is 40.1 Å².